The molecule has 3 heterocycles. The van der Waals surface area contributed by atoms with Gasteiger partial charge >= 0.3 is 6.09 Å². The summed E-state index contributed by atoms with van der Waals surface area (Å²) in [6.07, 6.45) is 1.32. The van der Waals surface area contributed by atoms with Gasteiger partial charge in [0.05, 0.1) is 23.5 Å². The summed E-state index contributed by atoms with van der Waals surface area (Å²) in [5.74, 6) is -0.509. The number of hydrogen-bond donors (Lipinski definition) is 2. The maximum absolute atomic E-state index is 14.2. The van der Waals surface area contributed by atoms with Crippen LogP contribution in [0.15, 0.2) is 6.20 Å². The van der Waals surface area contributed by atoms with E-state index in [0.29, 0.717) is 37.8 Å². The van der Waals surface area contributed by atoms with Crippen molar-refractivity contribution in [2.45, 2.75) is 58.9 Å². The number of aromatic nitrogens is 2. The van der Waals surface area contributed by atoms with Crippen molar-refractivity contribution in [3.8, 4) is 0 Å². The van der Waals surface area contributed by atoms with Crippen LogP contribution in [-0.4, -0.2) is 127 Å². The van der Waals surface area contributed by atoms with Crippen LogP contribution < -0.4 is 5.32 Å². The highest BCUT2D eigenvalue weighted by Gasteiger charge is 2.41. The first-order chi connectivity index (χ1) is 19.6. The fraction of sp³-hybridized carbons (Fsp3) is 0.750. The topological polar surface area (TPSA) is 162 Å². The molecule has 2 atom stereocenters. The van der Waals surface area contributed by atoms with Crippen molar-refractivity contribution >= 4 is 33.6 Å². The van der Waals surface area contributed by atoms with Gasteiger partial charge in [-0.15, -0.1) is 0 Å². The molecule has 1 aromatic heterocycles. The second-order valence-electron chi connectivity index (χ2n) is 12.6. The van der Waals surface area contributed by atoms with Gasteiger partial charge in [-0.1, -0.05) is 34.6 Å². The van der Waals surface area contributed by atoms with Gasteiger partial charge in [0.2, 0.25) is 5.91 Å². The third-order valence-corrected chi connectivity index (χ3v) is 9.08. The minimum Gasteiger partial charge on any atom is -0.465 e. The molecule has 3 rings (SSSR count). The number of carbonyl (C=O) groups excluding carboxylic acids is 2. The summed E-state index contributed by atoms with van der Waals surface area (Å²) in [7, 11) is -1.56. The predicted octanol–water partition coefficient (Wildman–Crippen LogP) is 1.95. The normalized spacial score (nSPS) is 20.8. The first-order valence-corrected chi connectivity index (χ1v) is 16.3. The summed E-state index contributed by atoms with van der Waals surface area (Å²) < 4.78 is 29.0. The van der Waals surface area contributed by atoms with Crippen molar-refractivity contribution in [1.82, 2.24) is 24.7 Å². The summed E-state index contributed by atoms with van der Waals surface area (Å²) in [5, 5.41) is 13.2. The van der Waals surface area contributed by atoms with E-state index in [1.54, 1.807) is 12.0 Å². The Kier molecular flexibility index (Phi) is 11.2. The first kappa shape index (κ1) is 33.5. The molecule has 1 aromatic rings. The molecule has 0 radical (unpaired) electrons. The average Bonchev–Trinajstić information content (AvgIpc) is 2.92. The highest BCUT2D eigenvalue weighted by molar-refractivity contribution is 7.91. The lowest BCUT2D eigenvalue weighted by Gasteiger charge is -2.43. The third-order valence-electron chi connectivity index (χ3n) is 7.48. The fourth-order valence-corrected chi connectivity index (χ4v) is 6.43. The van der Waals surface area contributed by atoms with Crippen LogP contribution in [0.4, 0.5) is 10.6 Å². The molecule has 2 N–H and O–H groups in total. The zero-order valence-electron chi connectivity index (χ0n) is 25.6. The zero-order valence-corrected chi connectivity index (χ0v) is 26.4. The largest absolute Gasteiger partial charge is 0.465 e. The minimum absolute atomic E-state index is 0.00663. The van der Waals surface area contributed by atoms with Crippen LogP contribution in [0.3, 0.4) is 0 Å². The highest BCUT2D eigenvalue weighted by Crippen LogP contribution is 2.28. The van der Waals surface area contributed by atoms with E-state index in [2.05, 4.69) is 10.3 Å². The number of hydrogen-bond acceptors (Lipinski definition) is 9. The Morgan fingerprint density at radius 3 is 2.40 bits per heavy atom. The van der Waals surface area contributed by atoms with Gasteiger partial charge in [0.1, 0.15) is 17.2 Å². The van der Waals surface area contributed by atoms with Gasteiger partial charge in [0.15, 0.2) is 9.84 Å². The van der Waals surface area contributed by atoms with E-state index >= 15 is 0 Å². The molecular weight excluding hydrogens is 564 g/mol. The van der Waals surface area contributed by atoms with Crippen LogP contribution in [0.2, 0.25) is 0 Å². The molecule has 2 aliphatic rings. The summed E-state index contributed by atoms with van der Waals surface area (Å²) in [6, 6.07) is -0.573. The Morgan fingerprint density at radius 2 is 1.83 bits per heavy atom. The van der Waals surface area contributed by atoms with Gasteiger partial charge in [-0.05, 0) is 18.8 Å². The van der Waals surface area contributed by atoms with Crippen LogP contribution in [0.25, 0.3) is 0 Å². The first-order valence-electron chi connectivity index (χ1n) is 14.5. The Labute approximate surface area is 248 Å². The Morgan fingerprint density at radius 1 is 1.17 bits per heavy atom. The number of methoxy groups -OCH3 is 1. The van der Waals surface area contributed by atoms with E-state index in [0.717, 1.165) is 0 Å². The van der Waals surface area contributed by atoms with E-state index in [-0.39, 0.29) is 72.8 Å². The van der Waals surface area contributed by atoms with Crippen molar-refractivity contribution in [2.75, 3.05) is 69.8 Å². The van der Waals surface area contributed by atoms with Gasteiger partial charge in [-0.2, -0.15) is 0 Å². The van der Waals surface area contributed by atoms with Crippen LogP contribution in [0.5, 0.6) is 0 Å². The lowest BCUT2D eigenvalue weighted by Crippen LogP contribution is -2.58. The molecule has 0 aliphatic carbocycles. The van der Waals surface area contributed by atoms with Crippen LogP contribution >= 0.6 is 0 Å². The predicted molar refractivity (Wildman–Crippen MR) is 158 cm³/mol. The van der Waals surface area contributed by atoms with E-state index in [9.17, 15) is 27.9 Å². The molecule has 42 heavy (non-hydrogen) atoms. The van der Waals surface area contributed by atoms with Crippen LogP contribution in [0.1, 0.15) is 63.6 Å². The molecule has 2 saturated heterocycles. The molecule has 2 aliphatic heterocycles. The summed E-state index contributed by atoms with van der Waals surface area (Å²) in [5.41, 5.74) is -0.0767. The molecule has 0 saturated carbocycles. The number of piperidine rings is 1. The van der Waals surface area contributed by atoms with Gasteiger partial charge in [0, 0.05) is 64.6 Å². The number of sulfone groups is 1. The fourth-order valence-electron chi connectivity index (χ4n) is 5.23. The number of carboxylic acid groups (broad SMARTS) is 1. The van der Waals surface area contributed by atoms with Crippen molar-refractivity contribution in [1.29, 1.82) is 0 Å². The van der Waals surface area contributed by atoms with Gasteiger partial charge in [-0.3, -0.25) is 9.59 Å². The Balaban J connectivity index is 1.94. The number of likely N-dealkylation sites (tertiary alicyclic amines) is 1. The number of nitrogens with one attached hydrogen (secondary N) is 1. The standard InChI is InChI=1S/C28H46N6O7S/c1-19(2)16-34(25(36)22-15-30-26(28(3,4)5)31-23(22)29-8-7-11-41-6)21-14-20(17-33(18-21)27(37)38)24(35)32-9-12-42(39,40)13-10-32/h15,19-21H,7-14,16-18H2,1-6H3,(H,37,38)(H,29,30,31)/t20-,21+/m1/s1. The maximum Gasteiger partial charge on any atom is 0.407 e. The monoisotopic (exact) mass is 610 g/mol. The molecule has 0 bridgehead atoms. The minimum atomic E-state index is -3.19. The number of nitrogens with zero attached hydrogens (tertiary/aromatic N) is 5. The lowest BCUT2D eigenvalue weighted by atomic mass is 9.91. The molecule has 14 heteroatoms. The number of carbonyl (C=O) groups is 3. The molecular formula is C28H46N6O7S. The zero-order chi connectivity index (χ0) is 31.2. The number of rotatable bonds is 10. The van der Waals surface area contributed by atoms with Crippen molar-refractivity contribution < 1.29 is 32.6 Å². The van der Waals surface area contributed by atoms with E-state index in [1.807, 2.05) is 34.6 Å². The number of anilines is 1. The molecule has 0 aromatic carbocycles. The molecule has 0 spiro atoms. The Hall–Kier alpha value is -3.00. The van der Waals surface area contributed by atoms with Crippen LogP contribution in [-0.2, 0) is 24.8 Å². The summed E-state index contributed by atoms with van der Waals surface area (Å²) in [6.45, 7) is 11.5. The summed E-state index contributed by atoms with van der Waals surface area (Å²) >= 11 is 0. The van der Waals surface area contributed by atoms with E-state index in [1.165, 1.54) is 16.0 Å². The average molecular weight is 611 g/mol. The molecule has 13 nitrogen and oxygen atoms in total. The van der Waals surface area contributed by atoms with Gasteiger partial charge < -0.3 is 29.9 Å². The molecule has 3 amide bonds. The van der Waals surface area contributed by atoms with E-state index in [4.69, 9.17) is 9.72 Å². The van der Waals surface area contributed by atoms with E-state index < -0.39 is 27.9 Å². The smallest absolute Gasteiger partial charge is 0.407 e. The number of ether oxygens (including phenoxy) is 1. The van der Waals surface area contributed by atoms with Crippen LogP contribution in [0, 0.1) is 11.8 Å². The van der Waals surface area contributed by atoms with Crippen molar-refractivity contribution in [2.24, 2.45) is 11.8 Å². The second kappa shape index (κ2) is 14.0. The van der Waals surface area contributed by atoms with Crippen molar-refractivity contribution in [3.63, 3.8) is 0 Å². The summed E-state index contributed by atoms with van der Waals surface area (Å²) in [4.78, 5) is 53.4. The molecule has 0 unspecified atom stereocenters. The van der Waals surface area contributed by atoms with Gasteiger partial charge in [-0.25, -0.2) is 23.2 Å². The third kappa shape index (κ3) is 8.76. The SMILES string of the molecule is COCCCNc1nc(C(C)(C)C)ncc1C(=O)N(CC(C)C)[C@H]1C[C@@H](C(=O)N2CCS(=O)(=O)CC2)CN(C(=O)O)C1. The Bertz CT molecular complexity index is 1220. The lowest BCUT2D eigenvalue weighted by molar-refractivity contribution is -0.137. The van der Waals surface area contributed by atoms with Gasteiger partial charge in [0.25, 0.3) is 5.91 Å². The van der Waals surface area contributed by atoms with Crippen molar-refractivity contribution in [3.05, 3.63) is 17.6 Å². The number of amides is 3. The molecule has 2 fully saturated rings. The highest BCUT2D eigenvalue weighted by atomic mass is 32.2. The second-order valence-corrected chi connectivity index (χ2v) is 14.9. The quantitative estimate of drug-likeness (QED) is 0.375. The molecule has 236 valence electrons. The maximum atomic E-state index is 14.2.